The van der Waals surface area contributed by atoms with Gasteiger partial charge in [0.2, 0.25) is 5.78 Å². The summed E-state index contributed by atoms with van der Waals surface area (Å²) in [5, 5.41) is 0. The van der Waals surface area contributed by atoms with Crippen LogP contribution < -0.4 is 0 Å². The van der Waals surface area contributed by atoms with E-state index in [-0.39, 0.29) is 11.5 Å². The van der Waals surface area contributed by atoms with Crippen LogP contribution in [0.3, 0.4) is 0 Å². The van der Waals surface area contributed by atoms with Crippen LogP contribution in [0.25, 0.3) is 0 Å². The van der Waals surface area contributed by atoms with E-state index in [1.54, 1.807) is 12.1 Å². The third-order valence-corrected chi connectivity index (χ3v) is 3.22. The van der Waals surface area contributed by atoms with Gasteiger partial charge >= 0.3 is 5.97 Å². The number of methoxy groups -OCH3 is 1. The van der Waals surface area contributed by atoms with Crippen LogP contribution in [0.5, 0.6) is 0 Å². The molecule has 0 aromatic carbocycles. The standard InChI is InChI=1S/C15H19NO5/c1-3-7-15(20-9-10-21-15)8-6-13(17)11-4-5-12(16-11)14(18)19-2/h4-6,8,16H,3,7,9-10H2,1-2H3/b8-6+. The van der Waals surface area contributed by atoms with Gasteiger partial charge in [-0.3, -0.25) is 4.79 Å². The molecule has 1 aliphatic rings. The van der Waals surface area contributed by atoms with Crippen LogP contribution in [0.2, 0.25) is 0 Å². The Hall–Kier alpha value is -1.92. The molecule has 0 amide bonds. The van der Waals surface area contributed by atoms with E-state index in [1.807, 2.05) is 6.92 Å². The molecule has 1 aliphatic heterocycles. The van der Waals surface area contributed by atoms with Crippen molar-refractivity contribution in [3.63, 3.8) is 0 Å². The molecule has 6 nitrogen and oxygen atoms in total. The van der Waals surface area contributed by atoms with Gasteiger partial charge in [0.25, 0.3) is 0 Å². The number of ether oxygens (including phenoxy) is 3. The van der Waals surface area contributed by atoms with Gasteiger partial charge in [0.05, 0.1) is 26.0 Å². The second-order valence-electron chi connectivity index (χ2n) is 4.73. The fourth-order valence-corrected chi connectivity index (χ4v) is 2.20. The molecule has 2 rings (SSSR count). The lowest BCUT2D eigenvalue weighted by molar-refractivity contribution is -0.121. The first kappa shape index (κ1) is 15.5. The summed E-state index contributed by atoms with van der Waals surface area (Å²) >= 11 is 0. The first-order valence-electron chi connectivity index (χ1n) is 6.89. The minimum atomic E-state index is -0.803. The van der Waals surface area contributed by atoms with Crippen molar-refractivity contribution in [3.05, 3.63) is 35.7 Å². The molecule has 1 fully saturated rings. The van der Waals surface area contributed by atoms with E-state index in [9.17, 15) is 9.59 Å². The number of aromatic amines is 1. The number of rotatable bonds is 6. The maximum Gasteiger partial charge on any atom is 0.354 e. The van der Waals surface area contributed by atoms with Crippen LogP contribution in [0.1, 0.15) is 40.7 Å². The van der Waals surface area contributed by atoms with Crippen LogP contribution in [0.15, 0.2) is 24.3 Å². The Bertz CT molecular complexity index is 540. The van der Waals surface area contributed by atoms with Crippen molar-refractivity contribution < 1.29 is 23.8 Å². The summed E-state index contributed by atoms with van der Waals surface area (Å²) in [6.07, 6.45) is 4.63. The lowest BCUT2D eigenvalue weighted by Crippen LogP contribution is -2.27. The minimum Gasteiger partial charge on any atom is -0.464 e. The zero-order valence-electron chi connectivity index (χ0n) is 12.2. The summed E-state index contributed by atoms with van der Waals surface area (Å²) in [6.45, 7) is 3.07. The third-order valence-electron chi connectivity index (χ3n) is 3.22. The zero-order valence-corrected chi connectivity index (χ0v) is 12.2. The van der Waals surface area contributed by atoms with Gasteiger partial charge in [-0.15, -0.1) is 0 Å². The van der Waals surface area contributed by atoms with Gasteiger partial charge in [0.1, 0.15) is 5.69 Å². The number of carbonyl (C=O) groups is 2. The van der Waals surface area contributed by atoms with E-state index in [0.717, 1.165) is 6.42 Å². The van der Waals surface area contributed by atoms with Crippen LogP contribution in [-0.4, -0.2) is 42.8 Å². The van der Waals surface area contributed by atoms with E-state index < -0.39 is 11.8 Å². The number of carbonyl (C=O) groups excluding carboxylic acids is 2. The highest BCUT2D eigenvalue weighted by atomic mass is 16.7. The molecule has 1 saturated heterocycles. The van der Waals surface area contributed by atoms with Gasteiger partial charge in [-0.2, -0.15) is 0 Å². The molecular formula is C15H19NO5. The Kier molecular flexibility index (Phi) is 4.93. The molecule has 6 heteroatoms. The Balaban J connectivity index is 2.08. The number of aromatic nitrogens is 1. The largest absolute Gasteiger partial charge is 0.464 e. The van der Waals surface area contributed by atoms with Crippen LogP contribution in [0, 0.1) is 0 Å². The van der Waals surface area contributed by atoms with Gasteiger partial charge in [-0.25, -0.2) is 4.79 Å². The number of esters is 1. The molecule has 21 heavy (non-hydrogen) atoms. The predicted octanol–water partition coefficient (Wildman–Crippen LogP) is 2.08. The lowest BCUT2D eigenvalue weighted by Gasteiger charge is -2.22. The highest BCUT2D eigenvalue weighted by Gasteiger charge is 2.32. The van der Waals surface area contributed by atoms with Crippen molar-refractivity contribution >= 4 is 11.8 Å². The second kappa shape index (κ2) is 6.69. The summed E-state index contributed by atoms with van der Waals surface area (Å²) in [5.74, 6) is -1.56. The molecule has 2 heterocycles. The van der Waals surface area contributed by atoms with Crippen molar-refractivity contribution in [2.24, 2.45) is 0 Å². The Morgan fingerprint density at radius 2 is 2.00 bits per heavy atom. The van der Waals surface area contributed by atoms with Crippen LogP contribution in [0.4, 0.5) is 0 Å². The molecule has 1 aromatic heterocycles. The molecule has 1 aromatic rings. The first-order valence-corrected chi connectivity index (χ1v) is 6.89. The van der Waals surface area contributed by atoms with Crippen molar-refractivity contribution in [1.29, 1.82) is 0 Å². The normalized spacial score (nSPS) is 17.2. The maximum atomic E-state index is 12.1. The average molecular weight is 293 g/mol. The van der Waals surface area contributed by atoms with Crippen LogP contribution >= 0.6 is 0 Å². The molecule has 0 aliphatic carbocycles. The number of allylic oxidation sites excluding steroid dienone is 1. The molecule has 0 atom stereocenters. The molecule has 114 valence electrons. The van der Waals surface area contributed by atoms with E-state index in [2.05, 4.69) is 9.72 Å². The SMILES string of the molecule is CCCC1(/C=C/C(=O)c2ccc(C(=O)OC)[nH]2)OCCO1. The van der Waals surface area contributed by atoms with E-state index in [4.69, 9.17) is 9.47 Å². The number of ketones is 1. The van der Waals surface area contributed by atoms with E-state index >= 15 is 0 Å². The Morgan fingerprint density at radius 1 is 1.33 bits per heavy atom. The zero-order chi connectivity index (χ0) is 15.3. The van der Waals surface area contributed by atoms with Crippen molar-refractivity contribution in [2.45, 2.75) is 25.6 Å². The van der Waals surface area contributed by atoms with Crippen molar-refractivity contribution in [3.8, 4) is 0 Å². The predicted molar refractivity (Wildman–Crippen MR) is 75.1 cm³/mol. The highest BCUT2D eigenvalue weighted by molar-refractivity contribution is 6.04. The van der Waals surface area contributed by atoms with E-state index in [0.29, 0.717) is 25.3 Å². The Labute approximate surface area is 123 Å². The molecule has 0 radical (unpaired) electrons. The fourth-order valence-electron chi connectivity index (χ4n) is 2.20. The lowest BCUT2D eigenvalue weighted by atomic mass is 10.1. The molecule has 0 saturated carbocycles. The monoisotopic (exact) mass is 293 g/mol. The van der Waals surface area contributed by atoms with Gasteiger partial charge in [0.15, 0.2) is 5.79 Å². The molecular weight excluding hydrogens is 274 g/mol. The minimum absolute atomic E-state index is 0.242. The second-order valence-corrected chi connectivity index (χ2v) is 4.73. The highest BCUT2D eigenvalue weighted by Crippen LogP contribution is 2.26. The van der Waals surface area contributed by atoms with Crippen molar-refractivity contribution in [2.75, 3.05) is 20.3 Å². The van der Waals surface area contributed by atoms with Gasteiger partial charge in [0, 0.05) is 6.42 Å². The average Bonchev–Trinajstić information content (AvgIpc) is 3.14. The number of hydrogen-bond acceptors (Lipinski definition) is 5. The molecule has 0 unspecified atom stereocenters. The van der Waals surface area contributed by atoms with E-state index in [1.165, 1.54) is 19.3 Å². The fraction of sp³-hybridized carbons (Fsp3) is 0.467. The first-order chi connectivity index (χ1) is 10.1. The summed E-state index contributed by atoms with van der Waals surface area (Å²) < 4.78 is 15.7. The number of H-pyrrole nitrogens is 1. The number of hydrogen-bond donors (Lipinski definition) is 1. The van der Waals surface area contributed by atoms with Gasteiger partial charge < -0.3 is 19.2 Å². The third kappa shape index (κ3) is 3.59. The number of nitrogens with one attached hydrogen (secondary N) is 1. The summed E-state index contributed by atoms with van der Waals surface area (Å²) in [5.41, 5.74) is 0.558. The van der Waals surface area contributed by atoms with Gasteiger partial charge in [-0.05, 0) is 24.3 Å². The summed E-state index contributed by atoms with van der Waals surface area (Å²) in [6, 6.07) is 3.05. The maximum absolute atomic E-state index is 12.1. The van der Waals surface area contributed by atoms with Crippen molar-refractivity contribution in [1.82, 2.24) is 4.98 Å². The smallest absolute Gasteiger partial charge is 0.354 e. The summed E-state index contributed by atoms with van der Waals surface area (Å²) in [4.78, 5) is 26.1. The molecule has 0 bridgehead atoms. The quantitative estimate of drug-likeness (QED) is 0.493. The molecule has 0 spiro atoms. The van der Waals surface area contributed by atoms with Gasteiger partial charge in [-0.1, -0.05) is 13.3 Å². The van der Waals surface area contributed by atoms with Crippen LogP contribution in [-0.2, 0) is 14.2 Å². The topological polar surface area (TPSA) is 77.6 Å². The summed E-state index contributed by atoms with van der Waals surface area (Å²) in [7, 11) is 1.29. The molecule has 1 N–H and O–H groups in total. The Morgan fingerprint density at radius 3 is 2.62 bits per heavy atom.